The number of hydrogen-bond acceptors (Lipinski definition) is 4. The van der Waals surface area contributed by atoms with Gasteiger partial charge in [-0.3, -0.25) is 4.79 Å². The summed E-state index contributed by atoms with van der Waals surface area (Å²) >= 11 is 0. The SMILES string of the molecule is CN(C(=O)c1cccc(S(=O)(=O)N2CCCCCC2)c1)C1CCNCC1.Cl. The van der Waals surface area contributed by atoms with Crippen molar-refractivity contribution in [2.75, 3.05) is 33.2 Å². The normalized spacial score (nSPS) is 19.7. The molecular weight excluding hydrogens is 386 g/mol. The summed E-state index contributed by atoms with van der Waals surface area (Å²) in [5.74, 6) is -0.107. The number of hydrogen-bond donors (Lipinski definition) is 1. The molecule has 1 aromatic carbocycles. The average molecular weight is 416 g/mol. The number of benzene rings is 1. The molecule has 2 fully saturated rings. The lowest BCUT2D eigenvalue weighted by Crippen LogP contribution is -2.44. The number of nitrogens with zero attached hydrogens (tertiary/aromatic N) is 2. The zero-order valence-electron chi connectivity index (χ0n) is 15.9. The topological polar surface area (TPSA) is 69.7 Å². The highest BCUT2D eigenvalue weighted by Crippen LogP contribution is 2.22. The highest BCUT2D eigenvalue weighted by Gasteiger charge is 2.27. The molecule has 0 aliphatic carbocycles. The molecule has 0 unspecified atom stereocenters. The van der Waals surface area contributed by atoms with Crippen LogP contribution in [0.2, 0.25) is 0 Å². The Morgan fingerprint density at radius 1 is 1.11 bits per heavy atom. The van der Waals surface area contributed by atoms with Crippen LogP contribution in [0.15, 0.2) is 29.2 Å². The first kappa shape index (κ1) is 22.1. The van der Waals surface area contributed by atoms with Gasteiger partial charge >= 0.3 is 0 Å². The minimum atomic E-state index is -3.54. The maximum atomic E-state index is 13.0. The third kappa shape index (κ3) is 5.22. The third-order valence-corrected chi connectivity index (χ3v) is 7.36. The molecule has 0 saturated carbocycles. The summed E-state index contributed by atoms with van der Waals surface area (Å²) in [5, 5.41) is 3.30. The first-order chi connectivity index (χ1) is 12.5. The molecule has 0 atom stereocenters. The second-order valence-electron chi connectivity index (χ2n) is 7.24. The minimum absolute atomic E-state index is 0. The van der Waals surface area contributed by atoms with Crippen LogP contribution in [0.4, 0.5) is 0 Å². The van der Waals surface area contributed by atoms with Gasteiger partial charge in [-0.1, -0.05) is 18.9 Å². The Morgan fingerprint density at radius 2 is 1.74 bits per heavy atom. The monoisotopic (exact) mass is 415 g/mol. The number of amides is 1. The van der Waals surface area contributed by atoms with Gasteiger partial charge in [-0.2, -0.15) is 4.31 Å². The van der Waals surface area contributed by atoms with Crippen molar-refractivity contribution in [1.29, 1.82) is 0 Å². The second kappa shape index (κ2) is 9.87. The Hall–Kier alpha value is -1.15. The molecule has 6 nitrogen and oxygen atoms in total. The van der Waals surface area contributed by atoms with Crippen LogP contribution in [0, 0.1) is 0 Å². The van der Waals surface area contributed by atoms with Gasteiger partial charge in [0.05, 0.1) is 4.90 Å². The summed E-state index contributed by atoms with van der Waals surface area (Å²) in [6.07, 6.45) is 5.80. The number of halogens is 1. The van der Waals surface area contributed by atoms with E-state index in [4.69, 9.17) is 0 Å². The maximum absolute atomic E-state index is 13.0. The lowest BCUT2D eigenvalue weighted by atomic mass is 10.0. The zero-order valence-corrected chi connectivity index (χ0v) is 17.5. The largest absolute Gasteiger partial charge is 0.339 e. The van der Waals surface area contributed by atoms with E-state index in [1.165, 1.54) is 0 Å². The van der Waals surface area contributed by atoms with Gasteiger partial charge in [-0.15, -0.1) is 12.4 Å². The Labute approximate surface area is 168 Å². The van der Waals surface area contributed by atoms with Crippen LogP contribution in [0.25, 0.3) is 0 Å². The minimum Gasteiger partial charge on any atom is -0.339 e. The molecule has 27 heavy (non-hydrogen) atoms. The molecule has 0 radical (unpaired) electrons. The van der Waals surface area contributed by atoms with E-state index in [0.717, 1.165) is 51.6 Å². The summed E-state index contributed by atoms with van der Waals surface area (Å²) in [4.78, 5) is 14.8. The van der Waals surface area contributed by atoms with Gasteiger partial charge in [0.25, 0.3) is 5.91 Å². The quantitative estimate of drug-likeness (QED) is 0.820. The summed E-state index contributed by atoms with van der Waals surface area (Å²) in [6, 6.07) is 6.73. The van der Waals surface area contributed by atoms with Crippen LogP contribution >= 0.6 is 12.4 Å². The molecule has 0 aromatic heterocycles. The first-order valence-electron chi connectivity index (χ1n) is 9.58. The summed E-state index contributed by atoms with van der Waals surface area (Å²) < 4.78 is 27.5. The van der Waals surface area contributed by atoms with E-state index >= 15 is 0 Å². The molecule has 2 heterocycles. The number of nitrogens with one attached hydrogen (secondary N) is 1. The highest BCUT2D eigenvalue weighted by molar-refractivity contribution is 7.89. The summed E-state index contributed by atoms with van der Waals surface area (Å²) in [7, 11) is -1.73. The van der Waals surface area contributed by atoms with Crippen molar-refractivity contribution in [3.63, 3.8) is 0 Å². The Balaban J connectivity index is 0.00000261. The lowest BCUT2D eigenvalue weighted by Gasteiger charge is -2.31. The van der Waals surface area contributed by atoms with E-state index in [1.807, 2.05) is 7.05 Å². The van der Waals surface area contributed by atoms with E-state index in [2.05, 4.69) is 5.32 Å². The highest BCUT2D eigenvalue weighted by atomic mass is 35.5. The fourth-order valence-corrected chi connectivity index (χ4v) is 5.35. The predicted octanol–water partition coefficient (Wildman–Crippen LogP) is 2.50. The van der Waals surface area contributed by atoms with Crippen molar-refractivity contribution >= 4 is 28.3 Å². The van der Waals surface area contributed by atoms with E-state index in [-0.39, 0.29) is 29.3 Å². The molecule has 152 valence electrons. The molecule has 3 rings (SSSR count). The van der Waals surface area contributed by atoms with Crippen molar-refractivity contribution in [3.8, 4) is 0 Å². The number of sulfonamides is 1. The first-order valence-corrected chi connectivity index (χ1v) is 11.0. The molecule has 1 amide bonds. The van der Waals surface area contributed by atoms with Gasteiger partial charge < -0.3 is 10.2 Å². The Kier molecular flexibility index (Phi) is 8.09. The van der Waals surface area contributed by atoms with Crippen LogP contribution in [0.3, 0.4) is 0 Å². The lowest BCUT2D eigenvalue weighted by molar-refractivity contribution is 0.0703. The fraction of sp³-hybridized carbons (Fsp3) is 0.632. The maximum Gasteiger partial charge on any atom is 0.253 e. The molecular formula is C19H30ClN3O3S. The number of rotatable bonds is 4. The van der Waals surface area contributed by atoms with Gasteiger partial charge in [-0.05, 0) is 57.0 Å². The fourth-order valence-electron chi connectivity index (χ4n) is 3.78. The molecule has 0 spiro atoms. The van der Waals surface area contributed by atoms with Crippen LogP contribution in [-0.2, 0) is 10.0 Å². The summed E-state index contributed by atoms with van der Waals surface area (Å²) in [5.41, 5.74) is 0.446. The van der Waals surface area contributed by atoms with Crippen LogP contribution in [0.1, 0.15) is 48.9 Å². The molecule has 2 aliphatic rings. The average Bonchev–Trinajstić information content (AvgIpc) is 2.98. The van der Waals surface area contributed by atoms with Crippen molar-refractivity contribution in [3.05, 3.63) is 29.8 Å². The number of carbonyl (C=O) groups excluding carboxylic acids is 1. The van der Waals surface area contributed by atoms with Gasteiger partial charge in [0.2, 0.25) is 10.0 Å². The molecule has 8 heteroatoms. The van der Waals surface area contributed by atoms with Crippen molar-refractivity contribution in [1.82, 2.24) is 14.5 Å². The van der Waals surface area contributed by atoms with Gasteiger partial charge in [0.15, 0.2) is 0 Å². The zero-order chi connectivity index (χ0) is 18.6. The number of piperidine rings is 1. The Bertz CT molecular complexity index is 727. The molecule has 2 saturated heterocycles. The van der Waals surface area contributed by atoms with Crippen molar-refractivity contribution in [2.24, 2.45) is 0 Å². The van der Waals surface area contributed by atoms with Crippen LogP contribution in [-0.4, -0.2) is 62.8 Å². The molecule has 2 aliphatic heterocycles. The predicted molar refractivity (Wildman–Crippen MR) is 109 cm³/mol. The van der Waals surface area contributed by atoms with Gasteiger partial charge in [0, 0.05) is 31.7 Å². The molecule has 1 N–H and O–H groups in total. The standard InChI is InChI=1S/C19H29N3O3S.ClH/c1-21(17-9-11-20-12-10-17)19(23)16-7-6-8-18(15-16)26(24,25)22-13-4-2-3-5-14-22;/h6-8,15,17,20H,2-5,9-14H2,1H3;1H. The third-order valence-electron chi connectivity index (χ3n) is 5.46. The van der Waals surface area contributed by atoms with Crippen LogP contribution < -0.4 is 5.32 Å². The second-order valence-corrected chi connectivity index (χ2v) is 9.18. The van der Waals surface area contributed by atoms with Crippen LogP contribution in [0.5, 0.6) is 0 Å². The Morgan fingerprint density at radius 3 is 2.37 bits per heavy atom. The van der Waals surface area contributed by atoms with E-state index < -0.39 is 10.0 Å². The summed E-state index contributed by atoms with van der Waals surface area (Å²) in [6.45, 7) is 2.95. The van der Waals surface area contributed by atoms with Crippen molar-refractivity contribution in [2.45, 2.75) is 49.5 Å². The van der Waals surface area contributed by atoms with Crippen molar-refractivity contribution < 1.29 is 13.2 Å². The molecule has 0 bridgehead atoms. The smallest absolute Gasteiger partial charge is 0.253 e. The van der Waals surface area contributed by atoms with E-state index in [9.17, 15) is 13.2 Å². The van der Waals surface area contributed by atoms with Gasteiger partial charge in [0.1, 0.15) is 0 Å². The number of carbonyl (C=O) groups is 1. The van der Waals surface area contributed by atoms with E-state index in [1.54, 1.807) is 33.5 Å². The van der Waals surface area contributed by atoms with Gasteiger partial charge in [-0.25, -0.2) is 8.42 Å². The van der Waals surface area contributed by atoms with E-state index in [0.29, 0.717) is 18.7 Å². The molecule has 1 aromatic rings.